The minimum absolute atomic E-state index is 0.0607. The number of carbonyl (C=O) groups is 1. The fraction of sp³-hybridized carbons (Fsp3) is 0.188. The average molecular weight is 365 g/mol. The van der Waals surface area contributed by atoms with Gasteiger partial charge in [0.15, 0.2) is 0 Å². The largest absolute Gasteiger partial charge is 0.337 e. The van der Waals surface area contributed by atoms with E-state index in [9.17, 15) is 4.79 Å². The van der Waals surface area contributed by atoms with Gasteiger partial charge in [-0.15, -0.1) is 0 Å². The summed E-state index contributed by atoms with van der Waals surface area (Å²) < 4.78 is 0.987. The quantitative estimate of drug-likeness (QED) is 0.757. The van der Waals surface area contributed by atoms with Gasteiger partial charge in [0.2, 0.25) is 0 Å². The second-order valence-electron chi connectivity index (χ2n) is 4.63. The molecule has 0 aliphatic carbocycles. The highest BCUT2D eigenvalue weighted by atomic mass is 127. The molecule has 0 bridgehead atoms. The highest BCUT2D eigenvalue weighted by molar-refractivity contribution is 14.1. The third kappa shape index (κ3) is 3.56. The standard InChI is InChI=1S/C16H16INO/c1-12-7-9-13(10-8-12)11-18(2)16(19)14-5-3-4-6-15(14)17/h3-10H,11H2,1-2H3. The van der Waals surface area contributed by atoms with Crippen LogP contribution >= 0.6 is 22.6 Å². The van der Waals surface area contributed by atoms with Gasteiger partial charge < -0.3 is 4.90 Å². The SMILES string of the molecule is Cc1ccc(CN(C)C(=O)c2ccccc2I)cc1. The maximum absolute atomic E-state index is 12.4. The number of halogens is 1. The highest BCUT2D eigenvalue weighted by Crippen LogP contribution is 2.15. The van der Waals surface area contributed by atoms with Gasteiger partial charge in [0, 0.05) is 17.2 Å². The van der Waals surface area contributed by atoms with Crippen molar-refractivity contribution in [2.45, 2.75) is 13.5 Å². The molecule has 0 unspecified atom stereocenters. The summed E-state index contributed by atoms with van der Waals surface area (Å²) in [5.74, 6) is 0.0607. The minimum Gasteiger partial charge on any atom is -0.337 e. The summed E-state index contributed by atoms with van der Waals surface area (Å²) in [4.78, 5) is 14.1. The summed E-state index contributed by atoms with van der Waals surface area (Å²) in [6, 6.07) is 15.9. The van der Waals surface area contributed by atoms with E-state index >= 15 is 0 Å². The van der Waals surface area contributed by atoms with Crippen LogP contribution in [0.5, 0.6) is 0 Å². The van der Waals surface area contributed by atoms with E-state index in [2.05, 4.69) is 53.8 Å². The maximum Gasteiger partial charge on any atom is 0.254 e. The number of aryl methyl sites for hydroxylation is 1. The molecule has 0 saturated heterocycles. The molecule has 0 radical (unpaired) electrons. The molecule has 3 heteroatoms. The topological polar surface area (TPSA) is 20.3 Å². The van der Waals surface area contributed by atoms with Crippen molar-refractivity contribution in [3.05, 3.63) is 68.8 Å². The number of hydrogen-bond donors (Lipinski definition) is 0. The Morgan fingerprint density at radius 3 is 2.37 bits per heavy atom. The lowest BCUT2D eigenvalue weighted by Crippen LogP contribution is -2.26. The van der Waals surface area contributed by atoms with Crippen LogP contribution in [0.1, 0.15) is 21.5 Å². The van der Waals surface area contributed by atoms with Crippen molar-refractivity contribution in [2.75, 3.05) is 7.05 Å². The zero-order chi connectivity index (χ0) is 13.8. The van der Waals surface area contributed by atoms with Crippen LogP contribution < -0.4 is 0 Å². The van der Waals surface area contributed by atoms with E-state index in [1.165, 1.54) is 5.56 Å². The Balaban J connectivity index is 2.12. The van der Waals surface area contributed by atoms with Crippen LogP contribution in [0, 0.1) is 10.5 Å². The van der Waals surface area contributed by atoms with Crippen molar-refractivity contribution in [1.82, 2.24) is 4.90 Å². The lowest BCUT2D eigenvalue weighted by Gasteiger charge is -2.18. The molecule has 0 N–H and O–H groups in total. The van der Waals surface area contributed by atoms with Gasteiger partial charge >= 0.3 is 0 Å². The minimum atomic E-state index is 0.0607. The predicted octanol–water partition coefficient (Wildman–Crippen LogP) is 3.87. The van der Waals surface area contributed by atoms with Crippen LogP contribution in [0.2, 0.25) is 0 Å². The second-order valence-corrected chi connectivity index (χ2v) is 5.79. The number of hydrogen-bond acceptors (Lipinski definition) is 1. The molecule has 98 valence electrons. The Hall–Kier alpha value is -1.36. The molecule has 19 heavy (non-hydrogen) atoms. The third-order valence-electron chi connectivity index (χ3n) is 2.99. The van der Waals surface area contributed by atoms with Crippen LogP contribution in [0.3, 0.4) is 0 Å². The molecule has 0 saturated carbocycles. The van der Waals surface area contributed by atoms with Gasteiger partial charge in [0.25, 0.3) is 5.91 Å². The Morgan fingerprint density at radius 2 is 1.74 bits per heavy atom. The van der Waals surface area contributed by atoms with Gasteiger partial charge in [0.05, 0.1) is 5.56 Å². The van der Waals surface area contributed by atoms with Gasteiger partial charge in [-0.3, -0.25) is 4.79 Å². The number of benzene rings is 2. The lowest BCUT2D eigenvalue weighted by molar-refractivity contribution is 0.0784. The summed E-state index contributed by atoms with van der Waals surface area (Å²) in [6.07, 6.45) is 0. The van der Waals surface area contributed by atoms with Crippen LogP contribution in [0.15, 0.2) is 48.5 Å². The zero-order valence-electron chi connectivity index (χ0n) is 11.1. The normalized spacial score (nSPS) is 10.3. The number of carbonyl (C=O) groups excluding carboxylic acids is 1. The van der Waals surface area contributed by atoms with Gasteiger partial charge in [-0.2, -0.15) is 0 Å². The fourth-order valence-corrected chi connectivity index (χ4v) is 2.50. The highest BCUT2D eigenvalue weighted by Gasteiger charge is 2.14. The van der Waals surface area contributed by atoms with Crippen LogP contribution in [0.4, 0.5) is 0 Å². The summed E-state index contributed by atoms with van der Waals surface area (Å²) in [5, 5.41) is 0. The monoisotopic (exact) mass is 365 g/mol. The van der Waals surface area contributed by atoms with E-state index in [1.807, 2.05) is 31.3 Å². The maximum atomic E-state index is 12.4. The summed E-state index contributed by atoms with van der Waals surface area (Å²) in [5.41, 5.74) is 3.14. The van der Waals surface area contributed by atoms with E-state index < -0.39 is 0 Å². The lowest BCUT2D eigenvalue weighted by atomic mass is 10.1. The summed E-state index contributed by atoms with van der Waals surface area (Å²) in [6.45, 7) is 2.69. The molecule has 0 aromatic heterocycles. The third-order valence-corrected chi connectivity index (χ3v) is 3.93. The van der Waals surface area contributed by atoms with Crippen molar-refractivity contribution < 1.29 is 4.79 Å². The van der Waals surface area contributed by atoms with Crippen molar-refractivity contribution in [1.29, 1.82) is 0 Å². The first-order chi connectivity index (χ1) is 9.08. The van der Waals surface area contributed by atoms with Crippen LogP contribution in [-0.2, 0) is 6.54 Å². The number of nitrogens with zero attached hydrogens (tertiary/aromatic N) is 1. The van der Waals surface area contributed by atoms with Crippen LogP contribution in [0.25, 0.3) is 0 Å². The van der Waals surface area contributed by atoms with Crippen molar-refractivity contribution in [2.24, 2.45) is 0 Å². The molecule has 2 rings (SSSR count). The molecule has 2 nitrogen and oxygen atoms in total. The van der Waals surface area contributed by atoms with Crippen molar-refractivity contribution >= 4 is 28.5 Å². The van der Waals surface area contributed by atoms with Crippen LogP contribution in [-0.4, -0.2) is 17.9 Å². The molecule has 0 spiro atoms. The van der Waals surface area contributed by atoms with E-state index in [4.69, 9.17) is 0 Å². The van der Waals surface area contributed by atoms with Gasteiger partial charge in [-0.25, -0.2) is 0 Å². The van der Waals surface area contributed by atoms with E-state index in [-0.39, 0.29) is 5.91 Å². The molecule has 1 amide bonds. The molecule has 0 fully saturated rings. The van der Waals surface area contributed by atoms with Gasteiger partial charge in [-0.1, -0.05) is 42.0 Å². The molecule has 2 aromatic carbocycles. The fourth-order valence-electron chi connectivity index (χ4n) is 1.88. The Labute approximate surface area is 127 Å². The molecule has 0 heterocycles. The smallest absolute Gasteiger partial charge is 0.254 e. The van der Waals surface area contributed by atoms with E-state index in [0.29, 0.717) is 6.54 Å². The number of rotatable bonds is 3. The molecule has 2 aromatic rings. The van der Waals surface area contributed by atoms with Crippen molar-refractivity contribution in [3.8, 4) is 0 Å². The molecular weight excluding hydrogens is 349 g/mol. The van der Waals surface area contributed by atoms with Crippen molar-refractivity contribution in [3.63, 3.8) is 0 Å². The Kier molecular flexibility index (Phi) is 4.58. The number of amides is 1. The first kappa shape index (κ1) is 14.1. The molecular formula is C16H16INO. The molecule has 0 atom stereocenters. The van der Waals surface area contributed by atoms with E-state index in [1.54, 1.807) is 4.90 Å². The van der Waals surface area contributed by atoms with Gasteiger partial charge in [-0.05, 0) is 47.2 Å². The predicted molar refractivity (Wildman–Crippen MR) is 86.1 cm³/mol. The first-order valence-electron chi connectivity index (χ1n) is 6.13. The summed E-state index contributed by atoms with van der Waals surface area (Å²) >= 11 is 2.20. The van der Waals surface area contributed by atoms with Gasteiger partial charge in [0.1, 0.15) is 0 Å². The van der Waals surface area contributed by atoms with E-state index in [0.717, 1.165) is 14.7 Å². The Bertz CT molecular complexity index is 578. The average Bonchev–Trinajstić information content (AvgIpc) is 2.41. The Morgan fingerprint density at radius 1 is 1.11 bits per heavy atom. The summed E-state index contributed by atoms with van der Waals surface area (Å²) in [7, 11) is 1.84. The molecule has 0 aliphatic rings. The second kappa shape index (κ2) is 6.19. The first-order valence-corrected chi connectivity index (χ1v) is 7.21. The zero-order valence-corrected chi connectivity index (χ0v) is 13.2. The molecule has 0 aliphatic heterocycles.